The molecule has 3 rings (SSSR count). The van der Waals surface area contributed by atoms with E-state index in [4.69, 9.17) is 9.26 Å². The fourth-order valence-electron chi connectivity index (χ4n) is 2.20. The minimum Gasteiger partial charge on any atom is -0.472 e. The van der Waals surface area contributed by atoms with Gasteiger partial charge in [-0.1, -0.05) is 11.2 Å². The zero-order valence-electron chi connectivity index (χ0n) is 14.9. The molecule has 0 saturated carbocycles. The van der Waals surface area contributed by atoms with E-state index in [2.05, 4.69) is 20.4 Å². The smallest absolute Gasteiger partial charge is 0.273 e. The van der Waals surface area contributed by atoms with E-state index in [9.17, 15) is 4.79 Å². The van der Waals surface area contributed by atoms with Crippen molar-refractivity contribution >= 4 is 5.91 Å². The maximum Gasteiger partial charge on any atom is 0.273 e. The van der Waals surface area contributed by atoms with Crippen LogP contribution in [0, 0.1) is 0 Å². The Hall–Kier alpha value is -3.22. The van der Waals surface area contributed by atoms with Gasteiger partial charge in [0.1, 0.15) is 5.60 Å². The number of hydrogen-bond acceptors (Lipinski definition) is 6. The fraction of sp³-hybridized carbons (Fsp3) is 0.263. The lowest BCUT2D eigenvalue weighted by atomic mass is 10.2. The molecular formula is C19H20N4O3. The van der Waals surface area contributed by atoms with Gasteiger partial charge in [0.15, 0.2) is 11.5 Å². The summed E-state index contributed by atoms with van der Waals surface area (Å²) in [6, 6.07) is 8.82. The summed E-state index contributed by atoms with van der Waals surface area (Å²) in [6.07, 6.45) is 4.97. The van der Waals surface area contributed by atoms with Gasteiger partial charge in [0.2, 0.25) is 5.88 Å². The lowest BCUT2D eigenvalue weighted by Crippen LogP contribution is -2.24. The lowest BCUT2D eigenvalue weighted by molar-refractivity contribution is 0.0942. The quantitative estimate of drug-likeness (QED) is 0.758. The summed E-state index contributed by atoms with van der Waals surface area (Å²) in [5.74, 6) is 0.748. The molecule has 7 nitrogen and oxygen atoms in total. The molecule has 0 unspecified atom stereocenters. The van der Waals surface area contributed by atoms with Gasteiger partial charge in [0.05, 0.1) is 0 Å². The van der Waals surface area contributed by atoms with Crippen molar-refractivity contribution in [1.82, 2.24) is 20.4 Å². The number of carbonyl (C=O) groups excluding carboxylic acids is 1. The SMILES string of the molecule is CC(C)(C)Oc1ccc(CNC(=O)c2cc(-c3ccncc3)on2)cn1. The first kappa shape index (κ1) is 17.6. The Balaban J connectivity index is 1.58. The number of rotatable bonds is 5. The fourth-order valence-corrected chi connectivity index (χ4v) is 2.20. The molecule has 26 heavy (non-hydrogen) atoms. The van der Waals surface area contributed by atoms with Gasteiger partial charge >= 0.3 is 0 Å². The van der Waals surface area contributed by atoms with Crippen LogP contribution in [0.3, 0.4) is 0 Å². The third kappa shape index (κ3) is 4.66. The minimum absolute atomic E-state index is 0.220. The second-order valence-corrected chi connectivity index (χ2v) is 6.71. The molecule has 0 radical (unpaired) electrons. The average molecular weight is 352 g/mol. The summed E-state index contributed by atoms with van der Waals surface area (Å²) in [5, 5.41) is 6.61. The van der Waals surface area contributed by atoms with E-state index in [-0.39, 0.29) is 17.2 Å². The van der Waals surface area contributed by atoms with E-state index in [0.29, 0.717) is 18.2 Å². The van der Waals surface area contributed by atoms with E-state index in [1.165, 1.54) is 0 Å². The van der Waals surface area contributed by atoms with Gasteiger partial charge in [-0.25, -0.2) is 4.98 Å². The van der Waals surface area contributed by atoms with Crippen molar-refractivity contribution in [3.05, 3.63) is 60.2 Å². The van der Waals surface area contributed by atoms with E-state index in [1.54, 1.807) is 42.9 Å². The molecule has 0 bridgehead atoms. The topological polar surface area (TPSA) is 90.1 Å². The summed E-state index contributed by atoms with van der Waals surface area (Å²) in [5.41, 5.74) is 1.59. The molecule has 1 N–H and O–H groups in total. The van der Waals surface area contributed by atoms with Crippen molar-refractivity contribution < 1.29 is 14.1 Å². The third-order valence-electron chi connectivity index (χ3n) is 3.37. The molecule has 0 spiro atoms. The van der Waals surface area contributed by atoms with Gasteiger partial charge in [-0.15, -0.1) is 0 Å². The van der Waals surface area contributed by atoms with E-state index in [0.717, 1.165) is 11.1 Å². The molecule has 0 aromatic carbocycles. The van der Waals surface area contributed by atoms with E-state index in [1.807, 2.05) is 26.8 Å². The summed E-state index contributed by atoms with van der Waals surface area (Å²) in [4.78, 5) is 20.4. The predicted octanol–water partition coefficient (Wildman–Crippen LogP) is 3.24. The number of ether oxygens (including phenoxy) is 1. The first-order valence-electron chi connectivity index (χ1n) is 8.20. The summed E-state index contributed by atoms with van der Waals surface area (Å²) < 4.78 is 10.9. The largest absolute Gasteiger partial charge is 0.472 e. The molecular weight excluding hydrogens is 332 g/mol. The Morgan fingerprint density at radius 2 is 1.96 bits per heavy atom. The number of carbonyl (C=O) groups is 1. The van der Waals surface area contributed by atoms with Crippen molar-refractivity contribution in [2.24, 2.45) is 0 Å². The standard InChI is InChI=1S/C19H20N4O3/c1-19(2,3)25-17-5-4-13(11-21-17)12-22-18(24)15-10-16(26-23-15)14-6-8-20-9-7-14/h4-11H,12H2,1-3H3,(H,22,24). The number of nitrogens with zero attached hydrogens (tertiary/aromatic N) is 3. The van der Waals surface area contributed by atoms with Crippen LogP contribution in [0.4, 0.5) is 0 Å². The molecule has 0 saturated heterocycles. The van der Waals surface area contributed by atoms with Crippen LogP contribution in [0.15, 0.2) is 53.4 Å². The molecule has 3 aromatic heterocycles. The van der Waals surface area contributed by atoms with Crippen LogP contribution in [0.1, 0.15) is 36.8 Å². The summed E-state index contributed by atoms with van der Waals surface area (Å²) in [7, 11) is 0. The Morgan fingerprint density at radius 1 is 1.19 bits per heavy atom. The van der Waals surface area contributed by atoms with Gasteiger partial charge < -0.3 is 14.6 Å². The Morgan fingerprint density at radius 3 is 2.62 bits per heavy atom. The maximum absolute atomic E-state index is 12.2. The molecule has 0 atom stereocenters. The zero-order chi connectivity index (χ0) is 18.6. The van der Waals surface area contributed by atoms with Crippen molar-refractivity contribution in [3.8, 4) is 17.2 Å². The van der Waals surface area contributed by atoms with Gasteiger partial charge in [0, 0.05) is 42.8 Å². The summed E-state index contributed by atoms with van der Waals surface area (Å²) in [6.45, 7) is 6.21. The van der Waals surface area contributed by atoms with Crippen LogP contribution < -0.4 is 10.1 Å². The highest BCUT2D eigenvalue weighted by Crippen LogP contribution is 2.19. The molecule has 3 aromatic rings. The van der Waals surface area contributed by atoms with Gasteiger partial charge in [-0.3, -0.25) is 9.78 Å². The lowest BCUT2D eigenvalue weighted by Gasteiger charge is -2.20. The number of aromatic nitrogens is 3. The third-order valence-corrected chi connectivity index (χ3v) is 3.37. The minimum atomic E-state index is -0.316. The van der Waals surface area contributed by atoms with E-state index < -0.39 is 0 Å². The summed E-state index contributed by atoms with van der Waals surface area (Å²) >= 11 is 0. The van der Waals surface area contributed by atoms with Gasteiger partial charge in [-0.05, 0) is 38.5 Å². The van der Waals surface area contributed by atoms with Crippen molar-refractivity contribution in [2.75, 3.05) is 0 Å². The Bertz CT molecular complexity index is 868. The predicted molar refractivity (Wildman–Crippen MR) is 95.5 cm³/mol. The first-order valence-corrected chi connectivity index (χ1v) is 8.20. The molecule has 7 heteroatoms. The molecule has 0 aliphatic rings. The highest BCUT2D eigenvalue weighted by Gasteiger charge is 2.14. The highest BCUT2D eigenvalue weighted by atomic mass is 16.5. The highest BCUT2D eigenvalue weighted by molar-refractivity contribution is 5.93. The molecule has 0 aliphatic carbocycles. The van der Waals surface area contributed by atoms with Crippen LogP contribution in [0.25, 0.3) is 11.3 Å². The van der Waals surface area contributed by atoms with Gasteiger partial charge in [0.25, 0.3) is 5.91 Å². The number of hydrogen-bond donors (Lipinski definition) is 1. The monoisotopic (exact) mass is 352 g/mol. The molecule has 3 heterocycles. The van der Waals surface area contributed by atoms with E-state index >= 15 is 0 Å². The Kier molecular flexibility index (Phi) is 4.97. The van der Waals surface area contributed by atoms with Crippen molar-refractivity contribution in [3.63, 3.8) is 0 Å². The molecule has 134 valence electrons. The van der Waals surface area contributed by atoms with Crippen LogP contribution >= 0.6 is 0 Å². The number of amides is 1. The first-order chi connectivity index (χ1) is 12.4. The van der Waals surface area contributed by atoms with Crippen LogP contribution in [-0.2, 0) is 6.54 Å². The average Bonchev–Trinajstić information content (AvgIpc) is 3.10. The zero-order valence-corrected chi connectivity index (χ0v) is 14.9. The van der Waals surface area contributed by atoms with Crippen LogP contribution in [0.2, 0.25) is 0 Å². The van der Waals surface area contributed by atoms with Crippen molar-refractivity contribution in [2.45, 2.75) is 32.9 Å². The van der Waals surface area contributed by atoms with Crippen molar-refractivity contribution in [1.29, 1.82) is 0 Å². The second-order valence-electron chi connectivity index (χ2n) is 6.71. The second kappa shape index (κ2) is 7.35. The maximum atomic E-state index is 12.2. The van der Waals surface area contributed by atoms with Crippen LogP contribution in [-0.4, -0.2) is 26.6 Å². The molecule has 1 amide bonds. The molecule has 0 fully saturated rings. The normalized spacial score (nSPS) is 11.2. The number of nitrogens with one attached hydrogen (secondary N) is 1. The van der Waals surface area contributed by atoms with Crippen LogP contribution in [0.5, 0.6) is 5.88 Å². The van der Waals surface area contributed by atoms with Gasteiger partial charge in [-0.2, -0.15) is 0 Å². The number of pyridine rings is 2. The Labute approximate surface area is 151 Å². The molecule has 0 aliphatic heterocycles.